The third-order valence-electron chi connectivity index (χ3n) is 5.73. The maximum Gasteiger partial charge on any atom is 0.434 e. The minimum Gasteiger partial charge on any atom is -0.324 e. The number of pyridine rings is 2. The highest BCUT2D eigenvalue weighted by Gasteiger charge is 2.44. The zero-order valence-corrected chi connectivity index (χ0v) is 16.8. The molecule has 0 radical (unpaired) electrons. The van der Waals surface area contributed by atoms with Crippen molar-refractivity contribution < 1.29 is 18.0 Å². The topological polar surface area (TPSA) is 76.8 Å². The average Bonchev–Trinajstić information content (AvgIpc) is 3.16. The lowest BCUT2D eigenvalue weighted by molar-refractivity contribution is -0.141. The van der Waals surface area contributed by atoms with Gasteiger partial charge < -0.3 is 9.47 Å². The predicted octanol–water partition coefficient (Wildman–Crippen LogP) is 4.16. The molecule has 0 spiro atoms. The predicted molar refractivity (Wildman–Crippen MR) is 104 cm³/mol. The standard InChI is InChI=1S/C20H16ClF3N6O/c21-15-12(7-9-26-16(15)20(22,23)24)19(31)30-11-4-3-6-14(30)18-28-27-17(29(18)10-11)13-5-1-2-8-25-13/h1-2,5,7-9,11,14H,3-4,6,10H2/t11-,14+/m1/s1. The van der Waals surface area contributed by atoms with Crippen LogP contribution in [0, 0.1) is 0 Å². The number of carbonyl (C=O) groups excluding carboxylic acids is 1. The Balaban J connectivity index is 1.55. The fraction of sp³-hybridized carbons (Fsp3) is 0.350. The highest BCUT2D eigenvalue weighted by molar-refractivity contribution is 6.34. The van der Waals surface area contributed by atoms with Crippen LogP contribution < -0.4 is 0 Å². The first-order chi connectivity index (χ1) is 14.9. The molecule has 1 amide bonds. The lowest BCUT2D eigenvalue weighted by Crippen LogP contribution is -2.52. The van der Waals surface area contributed by atoms with E-state index in [9.17, 15) is 18.0 Å². The normalized spacial score (nSPS) is 20.5. The van der Waals surface area contributed by atoms with Crippen molar-refractivity contribution >= 4 is 17.5 Å². The van der Waals surface area contributed by atoms with Crippen LogP contribution in [0.3, 0.4) is 0 Å². The van der Waals surface area contributed by atoms with Gasteiger partial charge in [-0.05, 0) is 37.5 Å². The summed E-state index contributed by atoms with van der Waals surface area (Å²) in [6, 6.07) is 6.11. The number of hydrogen-bond acceptors (Lipinski definition) is 5. The number of rotatable bonds is 2. The first-order valence-corrected chi connectivity index (χ1v) is 10.1. The largest absolute Gasteiger partial charge is 0.434 e. The Hall–Kier alpha value is -3.01. The van der Waals surface area contributed by atoms with E-state index in [1.165, 1.54) is 6.07 Å². The highest BCUT2D eigenvalue weighted by Crippen LogP contribution is 2.42. The number of aromatic nitrogens is 5. The van der Waals surface area contributed by atoms with E-state index < -0.39 is 28.8 Å². The van der Waals surface area contributed by atoms with Crippen LogP contribution >= 0.6 is 11.6 Å². The molecule has 3 aromatic rings. The third kappa shape index (κ3) is 3.25. The zero-order valence-electron chi connectivity index (χ0n) is 16.1. The molecule has 7 nitrogen and oxygen atoms in total. The van der Waals surface area contributed by atoms with Crippen LogP contribution in [0.1, 0.15) is 47.2 Å². The van der Waals surface area contributed by atoms with E-state index in [-0.39, 0.29) is 11.6 Å². The van der Waals surface area contributed by atoms with Crippen LogP contribution in [0.2, 0.25) is 5.02 Å². The van der Waals surface area contributed by atoms with Gasteiger partial charge >= 0.3 is 6.18 Å². The maximum atomic E-state index is 13.4. The van der Waals surface area contributed by atoms with Crippen LogP contribution in [-0.4, -0.2) is 41.6 Å². The lowest BCUT2D eigenvalue weighted by atomic mass is 9.91. The Morgan fingerprint density at radius 1 is 1.10 bits per heavy atom. The summed E-state index contributed by atoms with van der Waals surface area (Å²) >= 11 is 5.98. The molecule has 0 aromatic carbocycles. The van der Waals surface area contributed by atoms with Gasteiger partial charge in [0.25, 0.3) is 5.91 Å². The van der Waals surface area contributed by atoms with E-state index in [1.807, 2.05) is 16.7 Å². The SMILES string of the molecule is O=C(c1ccnc(C(F)(F)F)c1Cl)N1[C@@H]2CCC[C@H]1c1nnc(-c3ccccn3)n1C2. The van der Waals surface area contributed by atoms with E-state index in [4.69, 9.17) is 11.6 Å². The summed E-state index contributed by atoms with van der Waals surface area (Å²) in [5.74, 6) is 0.660. The number of piperidine rings is 1. The number of hydrogen-bond donors (Lipinski definition) is 0. The van der Waals surface area contributed by atoms with Gasteiger partial charge in [-0.3, -0.25) is 14.8 Å². The quantitative estimate of drug-likeness (QED) is 0.588. The second kappa shape index (κ2) is 7.30. The number of fused-ring (bicyclic) bond motifs is 4. The van der Waals surface area contributed by atoms with Gasteiger partial charge in [0.05, 0.1) is 22.7 Å². The second-order valence-corrected chi connectivity index (χ2v) is 7.92. The summed E-state index contributed by atoms with van der Waals surface area (Å²) in [4.78, 5) is 22.6. The van der Waals surface area contributed by atoms with Gasteiger partial charge in [-0.25, -0.2) is 0 Å². The van der Waals surface area contributed by atoms with Gasteiger partial charge in [0.15, 0.2) is 17.3 Å². The highest BCUT2D eigenvalue weighted by atomic mass is 35.5. The molecule has 0 N–H and O–H groups in total. The fourth-order valence-electron chi connectivity index (χ4n) is 4.40. The Morgan fingerprint density at radius 3 is 2.68 bits per heavy atom. The number of carbonyl (C=O) groups is 1. The number of nitrogens with zero attached hydrogens (tertiary/aromatic N) is 6. The second-order valence-electron chi connectivity index (χ2n) is 7.54. The first kappa shape index (κ1) is 19.9. The molecular weight excluding hydrogens is 433 g/mol. The molecule has 5 heterocycles. The molecule has 0 saturated carbocycles. The van der Waals surface area contributed by atoms with E-state index in [1.54, 1.807) is 17.2 Å². The average molecular weight is 449 g/mol. The van der Waals surface area contributed by atoms with Crippen molar-refractivity contribution in [2.45, 2.75) is 44.1 Å². The van der Waals surface area contributed by atoms with Gasteiger partial charge in [-0.15, -0.1) is 10.2 Å². The van der Waals surface area contributed by atoms with Gasteiger partial charge in [-0.2, -0.15) is 13.2 Å². The first-order valence-electron chi connectivity index (χ1n) is 9.75. The van der Waals surface area contributed by atoms with Crippen LogP contribution in [-0.2, 0) is 12.7 Å². The molecule has 2 aliphatic rings. The van der Waals surface area contributed by atoms with Crippen molar-refractivity contribution in [3.05, 3.63) is 58.8 Å². The minimum atomic E-state index is -4.75. The zero-order chi connectivity index (χ0) is 21.8. The fourth-order valence-corrected chi connectivity index (χ4v) is 4.70. The van der Waals surface area contributed by atoms with Crippen molar-refractivity contribution in [1.82, 2.24) is 29.6 Å². The molecule has 2 aliphatic heterocycles. The van der Waals surface area contributed by atoms with Gasteiger partial charge in [0.2, 0.25) is 0 Å². The summed E-state index contributed by atoms with van der Waals surface area (Å²) in [5, 5.41) is 7.92. The maximum absolute atomic E-state index is 13.4. The summed E-state index contributed by atoms with van der Waals surface area (Å²) in [6.07, 6.45) is 0.114. The van der Waals surface area contributed by atoms with E-state index in [2.05, 4.69) is 20.2 Å². The lowest BCUT2D eigenvalue weighted by Gasteiger charge is -2.45. The van der Waals surface area contributed by atoms with Crippen LogP contribution in [0.15, 0.2) is 36.7 Å². The summed E-state index contributed by atoms with van der Waals surface area (Å²) in [6.45, 7) is 0.436. The molecule has 5 rings (SSSR count). The van der Waals surface area contributed by atoms with E-state index in [0.717, 1.165) is 19.0 Å². The Labute approximate surface area is 179 Å². The van der Waals surface area contributed by atoms with Gasteiger partial charge in [0.1, 0.15) is 5.69 Å². The van der Waals surface area contributed by atoms with E-state index >= 15 is 0 Å². The van der Waals surface area contributed by atoms with E-state index in [0.29, 0.717) is 30.3 Å². The van der Waals surface area contributed by atoms with Crippen LogP contribution in [0.4, 0.5) is 13.2 Å². The molecular formula is C20H16ClF3N6O. The van der Waals surface area contributed by atoms with Gasteiger partial charge in [0, 0.05) is 18.9 Å². The number of halogens is 4. The smallest absolute Gasteiger partial charge is 0.324 e. The molecule has 160 valence electrons. The monoisotopic (exact) mass is 448 g/mol. The Kier molecular flexibility index (Phi) is 4.69. The summed E-state index contributed by atoms with van der Waals surface area (Å²) in [5.41, 5.74) is -0.798. The molecule has 2 atom stereocenters. The molecule has 0 unspecified atom stereocenters. The molecule has 0 aliphatic carbocycles. The third-order valence-corrected chi connectivity index (χ3v) is 6.11. The minimum absolute atomic E-state index is 0.209. The van der Waals surface area contributed by atoms with Crippen molar-refractivity contribution in [3.63, 3.8) is 0 Å². The van der Waals surface area contributed by atoms with Crippen molar-refractivity contribution in [1.29, 1.82) is 0 Å². The molecule has 1 saturated heterocycles. The van der Waals surface area contributed by atoms with Crippen molar-refractivity contribution in [2.75, 3.05) is 0 Å². The number of amides is 1. The molecule has 1 fully saturated rings. The molecule has 11 heteroatoms. The summed E-state index contributed by atoms with van der Waals surface area (Å²) < 4.78 is 41.6. The molecule has 31 heavy (non-hydrogen) atoms. The van der Waals surface area contributed by atoms with Crippen molar-refractivity contribution in [2.24, 2.45) is 0 Å². The van der Waals surface area contributed by atoms with Gasteiger partial charge in [-0.1, -0.05) is 17.7 Å². The molecule has 3 aromatic heterocycles. The molecule has 2 bridgehead atoms. The Morgan fingerprint density at radius 2 is 1.94 bits per heavy atom. The van der Waals surface area contributed by atoms with Crippen molar-refractivity contribution in [3.8, 4) is 11.5 Å². The van der Waals surface area contributed by atoms with Crippen LogP contribution in [0.25, 0.3) is 11.5 Å². The summed E-state index contributed by atoms with van der Waals surface area (Å²) in [7, 11) is 0. The van der Waals surface area contributed by atoms with Crippen LogP contribution in [0.5, 0.6) is 0 Å². The number of alkyl halides is 3. The Bertz CT molecular complexity index is 1150.